The van der Waals surface area contributed by atoms with Crippen molar-refractivity contribution >= 4 is 11.6 Å². The molecule has 6 heteroatoms. The normalized spacial score (nSPS) is 12.6. The number of rotatable bonds is 4. The summed E-state index contributed by atoms with van der Waals surface area (Å²) in [6.45, 7) is 1.91. The summed E-state index contributed by atoms with van der Waals surface area (Å²) < 4.78 is 10.2. The standard InChI is InChI=1S/C12H13ClN2O3/c1-7(17-2)5-11-14-12(18-15-11)9-4-3-8(13)6-10(9)16/h3-4,6-7,16H,5H2,1-2H3. The van der Waals surface area contributed by atoms with E-state index in [1.807, 2.05) is 6.92 Å². The first-order chi connectivity index (χ1) is 8.60. The van der Waals surface area contributed by atoms with Gasteiger partial charge < -0.3 is 14.4 Å². The van der Waals surface area contributed by atoms with Gasteiger partial charge in [0.05, 0.1) is 11.7 Å². The second kappa shape index (κ2) is 5.37. The number of aromatic nitrogens is 2. The molecule has 1 aromatic heterocycles. The third-order valence-electron chi connectivity index (χ3n) is 2.53. The summed E-state index contributed by atoms with van der Waals surface area (Å²) in [6, 6.07) is 4.71. The molecule has 1 atom stereocenters. The second-order valence-electron chi connectivity index (χ2n) is 3.93. The highest BCUT2D eigenvalue weighted by molar-refractivity contribution is 6.30. The van der Waals surface area contributed by atoms with E-state index in [0.717, 1.165) is 0 Å². The molecule has 0 aliphatic carbocycles. The van der Waals surface area contributed by atoms with E-state index in [9.17, 15) is 5.11 Å². The molecule has 2 rings (SSSR count). The highest BCUT2D eigenvalue weighted by atomic mass is 35.5. The Balaban J connectivity index is 2.24. The van der Waals surface area contributed by atoms with Gasteiger partial charge in [-0.3, -0.25) is 0 Å². The van der Waals surface area contributed by atoms with Gasteiger partial charge >= 0.3 is 0 Å². The molecule has 5 nitrogen and oxygen atoms in total. The van der Waals surface area contributed by atoms with Gasteiger partial charge in [-0.25, -0.2) is 0 Å². The van der Waals surface area contributed by atoms with E-state index in [4.69, 9.17) is 20.9 Å². The van der Waals surface area contributed by atoms with E-state index >= 15 is 0 Å². The number of hydrogen-bond donors (Lipinski definition) is 1. The Hall–Kier alpha value is -1.59. The van der Waals surface area contributed by atoms with Gasteiger partial charge in [-0.15, -0.1) is 0 Å². The Morgan fingerprint density at radius 2 is 2.28 bits per heavy atom. The topological polar surface area (TPSA) is 68.4 Å². The Bertz CT molecular complexity index is 542. The lowest BCUT2D eigenvalue weighted by atomic mass is 10.2. The van der Waals surface area contributed by atoms with E-state index in [1.165, 1.54) is 6.07 Å². The van der Waals surface area contributed by atoms with E-state index in [1.54, 1.807) is 19.2 Å². The minimum absolute atomic E-state index is 0.00858. The van der Waals surface area contributed by atoms with E-state index in [0.29, 0.717) is 22.8 Å². The van der Waals surface area contributed by atoms with Crippen LogP contribution in [0.2, 0.25) is 5.02 Å². The van der Waals surface area contributed by atoms with Gasteiger partial charge in [-0.1, -0.05) is 16.8 Å². The number of phenolic OH excluding ortho intramolecular Hbond substituents is 1. The monoisotopic (exact) mass is 268 g/mol. The molecule has 0 saturated heterocycles. The smallest absolute Gasteiger partial charge is 0.261 e. The van der Waals surface area contributed by atoms with Crippen LogP contribution in [0, 0.1) is 0 Å². The number of hydrogen-bond acceptors (Lipinski definition) is 5. The van der Waals surface area contributed by atoms with Gasteiger partial charge in [0.25, 0.3) is 5.89 Å². The summed E-state index contributed by atoms with van der Waals surface area (Å²) in [5, 5.41) is 14.0. The number of nitrogens with zero attached hydrogens (tertiary/aromatic N) is 2. The highest BCUT2D eigenvalue weighted by Gasteiger charge is 2.14. The van der Waals surface area contributed by atoms with Crippen molar-refractivity contribution in [2.75, 3.05) is 7.11 Å². The van der Waals surface area contributed by atoms with Crippen LogP contribution in [-0.2, 0) is 11.2 Å². The third-order valence-corrected chi connectivity index (χ3v) is 2.77. The molecule has 0 saturated carbocycles. The minimum Gasteiger partial charge on any atom is -0.507 e. The van der Waals surface area contributed by atoms with Crippen LogP contribution in [0.25, 0.3) is 11.5 Å². The summed E-state index contributed by atoms with van der Waals surface area (Å²) in [7, 11) is 1.62. The first kappa shape index (κ1) is 12.9. The Morgan fingerprint density at radius 3 is 2.94 bits per heavy atom. The number of ether oxygens (including phenoxy) is 1. The van der Waals surface area contributed by atoms with Crippen LogP contribution in [0.1, 0.15) is 12.7 Å². The van der Waals surface area contributed by atoms with E-state index in [-0.39, 0.29) is 17.7 Å². The average molecular weight is 269 g/mol. The fourth-order valence-electron chi connectivity index (χ4n) is 1.47. The molecule has 0 aliphatic heterocycles. The first-order valence-corrected chi connectivity index (χ1v) is 5.82. The number of aromatic hydroxyl groups is 1. The Kier molecular flexibility index (Phi) is 3.84. The van der Waals surface area contributed by atoms with Gasteiger partial charge in [0.15, 0.2) is 5.82 Å². The maximum atomic E-state index is 9.75. The molecule has 0 fully saturated rings. The predicted molar refractivity (Wildman–Crippen MR) is 66.6 cm³/mol. The van der Waals surface area contributed by atoms with Crippen molar-refractivity contribution in [3.63, 3.8) is 0 Å². The van der Waals surface area contributed by atoms with Crippen LogP contribution in [0.4, 0.5) is 0 Å². The molecule has 1 heterocycles. The molecule has 0 amide bonds. The van der Waals surface area contributed by atoms with Crippen molar-refractivity contribution < 1.29 is 14.4 Å². The maximum absolute atomic E-state index is 9.75. The lowest BCUT2D eigenvalue weighted by molar-refractivity contribution is 0.116. The van der Waals surface area contributed by atoms with Crippen LogP contribution in [0.3, 0.4) is 0 Å². The summed E-state index contributed by atoms with van der Waals surface area (Å²) >= 11 is 5.75. The van der Waals surface area contributed by atoms with Crippen molar-refractivity contribution in [1.29, 1.82) is 0 Å². The van der Waals surface area contributed by atoms with Crippen molar-refractivity contribution in [3.8, 4) is 17.2 Å². The van der Waals surface area contributed by atoms with Crippen LogP contribution in [-0.4, -0.2) is 28.5 Å². The lowest BCUT2D eigenvalue weighted by Crippen LogP contribution is -2.09. The summed E-state index contributed by atoms with van der Waals surface area (Å²) in [4.78, 5) is 4.20. The Labute approximate surface area is 109 Å². The summed E-state index contributed by atoms with van der Waals surface area (Å²) in [6.07, 6.45) is 0.559. The lowest BCUT2D eigenvalue weighted by Gasteiger charge is -2.04. The van der Waals surface area contributed by atoms with Gasteiger partial charge in [-0.2, -0.15) is 4.98 Å². The zero-order valence-electron chi connectivity index (χ0n) is 10.1. The molecule has 96 valence electrons. The molecule has 0 aliphatic rings. The van der Waals surface area contributed by atoms with E-state index in [2.05, 4.69) is 10.1 Å². The number of methoxy groups -OCH3 is 1. The SMILES string of the molecule is COC(C)Cc1noc(-c2ccc(Cl)cc2O)n1. The Morgan fingerprint density at radius 1 is 1.50 bits per heavy atom. The average Bonchev–Trinajstić information content (AvgIpc) is 2.77. The third kappa shape index (κ3) is 2.80. The van der Waals surface area contributed by atoms with Crippen molar-refractivity contribution in [2.45, 2.75) is 19.4 Å². The molecule has 0 spiro atoms. The molecule has 1 N–H and O–H groups in total. The molecule has 0 bridgehead atoms. The van der Waals surface area contributed by atoms with Crippen molar-refractivity contribution in [3.05, 3.63) is 29.0 Å². The van der Waals surface area contributed by atoms with Gasteiger partial charge in [0, 0.05) is 18.6 Å². The molecule has 1 unspecified atom stereocenters. The summed E-state index contributed by atoms with van der Waals surface area (Å²) in [5.41, 5.74) is 0.461. The first-order valence-electron chi connectivity index (χ1n) is 5.44. The molecule has 0 radical (unpaired) electrons. The second-order valence-corrected chi connectivity index (χ2v) is 4.36. The zero-order chi connectivity index (χ0) is 13.1. The van der Waals surface area contributed by atoms with Gasteiger partial charge in [-0.05, 0) is 25.1 Å². The molecular formula is C12H13ClN2O3. The quantitative estimate of drug-likeness (QED) is 0.923. The highest BCUT2D eigenvalue weighted by Crippen LogP contribution is 2.30. The van der Waals surface area contributed by atoms with Crippen molar-refractivity contribution in [2.24, 2.45) is 0 Å². The van der Waals surface area contributed by atoms with Crippen LogP contribution < -0.4 is 0 Å². The fourth-order valence-corrected chi connectivity index (χ4v) is 1.64. The molecular weight excluding hydrogens is 256 g/mol. The number of halogens is 1. The van der Waals surface area contributed by atoms with Crippen LogP contribution in [0.5, 0.6) is 5.75 Å². The van der Waals surface area contributed by atoms with E-state index < -0.39 is 0 Å². The molecule has 18 heavy (non-hydrogen) atoms. The minimum atomic E-state index is 0.00858. The molecule has 2 aromatic rings. The summed E-state index contributed by atoms with van der Waals surface area (Å²) in [5.74, 6) is 0.814. The van der Waals surface area contributed by atoms with Gasteiger partial charge in [0.1, 0.15) is 5.75 Å². The fraction of sp³-hybridized carbons (Fsp3) is 0.333. The zero-order valence-corrected chi connectivity index (χ0v) is 10.8. The number of benzene rings is 1. The maximum Gasteiger partial charge on any atom is 0.261 e. The number of phenols is 1. The molecule has 1 aromatic carbocycles. The van der Waals surface area contributed by atoms with Gasteiger partial charge in [0.2, 0.25) is 0 Å². The largest absolute Gasteiger partial charge is 0.507 e. The predicted octanol–water partition coefficient (Wildman–Crippen LogP) is 2.67. The van der Waals surface area contributed by atoms with Crippen LogP contribution >= 0.6 is 11.6 Å². The van der Waals surface area contributed by atoms with Crippen LogP contribution in [0.15, 0.2) is 22.7 Å². The van der Waals surface area contributed by atoms with Crippen molar-refractivity contribution in [1.82, 2.24) is 10.1 Å².